The van der Waals surface area contributed by atoms with Gasteiger partial charge in [-0.3, -0.25) is 0 Å². The van der Waals surface area contributed by atoms with Crippen molar-refractivity contribution in [3.63, 3.8) is 0 Å². The topological polar surface area (TPSA) is 50.7 Å². The molecular weight excluding hydrogens is 254 g/mol. The van der Waals surface area contributed by atoms with Gasteiger partial charge in [0.25, 0.3) is 0 Å². The molecule has 4 nitrogen and oxygen atoms in total. The Hall–Kier alpha value is -0.940. The van der Waals surface area contributed by atoms with Crippen molar-refractivity contribution in [1.29, 1.82) is 0 Å². The lowest BCUT2D eigenvalue weighted by Gasteiger charge is -2.35. The molecule has 0 aliphatic rings. The molecule has 1 rings (SSSR count). The summed E-state index contributed by atoms with van der Waals surface area (Å²) in [5.74, 6) is 0. The van der Waals surface area contributed by atoms with Crippen LogP contribution in [0, 0.1) is 0 Å². The van der Waals surface area contributed by atoms with Crippen LogP contribution in [0.2, 0.25) is 0 Å². The third kappa shape index (κ3) is 5.21. The lowest BCUT2D eigenvalue weighted by molar-refractivity contribution is 0.0217. The molecule has 114 valence electrons. The highest BCUT2D eigenvalue weighted by Gasteiger charge is 2.32. The molecule has 0 saturated heterocycles. The second kappa shape index (κ2) is 9.08. The van der Waals surface area contributed by atoms with Crippen LogP contribution in [0.3, 0.4) is 0 Å². The van der Waals surface area contributed by atoms with E-state index >= 15 is 0 Å². The Morgan fingerprint density at radius 1 is 1.20 bits per heavy atom. The monoisotopic (exact) mass is 281 g/mol. The smallest absolute Gasteiger partial charge is 0.0907 e. The molecule has 1 unspecified atom stereocenters. The summed E-state index contributed by atoms with van der Waals surface area (Å²) in [6.45, 7) is 5.89. The van der Waals surface area contributed by atoms with Crippen molar-refractivity contribution in [2.75, 3.05) is 33.5 Å². The highest BCUT2D eigenvalue weighted by Crippen LogP contribution is 2.22. The lowest BCUT2D eigenvalue weighted by Crippen LogP contribution is -2.52. The Labute approximate surface area is 122 Å². The van der Waals surface area contributed by atoms with E-state index in [2.05, 4.69) is 19.2 Å². The molecule has 0 aliphatic carbocycles. The molecule has 20 heavy (non-hydrogen) atoms. The molecular formula is C16H27NO3. The maximum Gasteiger partial charge on any atom is 0.0907 e. The van der Waals surface area contributed by atoms with Crippen molar-refractivity contribution in [3.05, 3.63) is 35.9 Å². The largest absolute Gasteiger partial charge is 0.394 e. The molecule has 0 amide bonds. The minimum Gasteiger partial charge on any atom is -0.394 e. The van der Waals surface area contributed by atoms with E-state index in [0.717, 1.165) is 12.0 Å². The van der Waals surface area contributed by atoms with Crippen LogP contribution in [0.5, 0.6) is 0 Å². The molecule has 0 fully saturated rings. The number of hydrogen-bond donors (Lipinski definition) is 2. The Morgan fingerprint density at radius 2 is 1.90 bits per heavy atom. The SMILES string of the molecule is COCCCOCC(CO)(NC(C)C)c1ccccc1. The van der Waals surface area contributed by atoms with Crippen LogP contribution in [0.15, 0.2) is 30.3 Å². The molecule has 0 saturated carbocycles. The lowest BCUT2D eigenvalue weighted by atomic mass is 9.90. The molecule has 0 aromatic heterocycles. The number of methoxy groups -OCH3 is 1. The van der Waals surface area contributed by atoms with Gasteiger partial charge in [-0.05, 0) is 25.8 Å². The fourth-order valence-corrected chi connectivity index (χ4v) is 2.25. The Bertz CT molecular complexity index is 356. The zero-order valence-electron chi connectivity index (χ0n) is 12.8. The van der Waals surface area contributed by atoms with E-state index in [0.29, 0.717) is 19.8 Å². The van der Waals surface area contributed by atoms with Gasteiger partial charge in [-0.2, -0.15) is 0 Å². The summed E-state index contributed by atoms with van der Waals surface area (Å²) in [5.41, 5.74) is 0.491. The van der Waals surface area contributed by atoms with Crippen molar-refractivity contribution in [1.82, 2.24) is 5.32 Å². The number of rotatable bonds is 10. The van der Waals surface area contributed by atoms with E-state index in [1.807, 2.05) is 30.3 Å². The van der Waals surface area contributed by atoms with E-state index in [1.165, 1.54) is 0 Å². The molecule has 0 spiro atoms. The fraction of sp³-hybridized carbons (Fsp3) is 0.625. The number of hydrogen-bond acceptors (Lipinski definition) is 4. The third-order valence-electron chi connectivity index (χ3n) is 3.15. The Kier molecular flexibility index (Phi) is 7.77. The first-order chi connectivity index (χ1) is 9.64. The van der Waals surface area contributed by atoms with Crippen LogP contribution in [0.4, 0.5) is 0 Å². The first-order valence-corrected chi connectivity index (χ1v) is 7.15. The van der Waals surface area contributed by atoms with Crippen molar-refractivity contribution in [3.8, 4) is 0 Å². The highest BCUT2D eigenvalue weighted by molar-refractivity contribution is 5.25. The number of nitrogens with one attached hydrogen (secondary N) is 1. The van der Waals surface area contributed by atoms with Crippen molar-refractivity contribution >= 4 is 0 Å². The summed E-state index contributed by atoms with van der Waals surface area (Å²) in [4.78, 5) is 0. The predicted octanol–water partition coefficient (Wildman–Crippen LogP) is 1.93. The summed E-state index contributed by atoms with van der Waals surface area (Å²) in [5, 5.41) is 13.4. The van der Waals surface area contributed by atoms with E-state index in [-0.39, 0.29) is 12.6 Å². The average Bonchev–Trinajstić information content (AvgIpc) is 2.46. The van der Waals surface area contributed by atoms with Gasteiger partial charge in [0.1, 0.15) is 0 Å². The molecule has 1 atom stereocenters. The van der Waals surface area contributed by atoms with E-state index < -0.39 is 5.54 Å². The first-order valence-electron chi connectivity index (χ1n) is 7.15. The maximum absolute atomic E-state index is 9.91. The van der Waals surface area contributed by atoms with Crippen LogP contribution >= 0.6 is 0 Å². The van der Waals surface area contributed by atoms with E-state index in [9.17, 15) is 5.11 Å². The van der Waals surface area contributed by atoms with Crippen molar-refractivity contribution in [2.24, 2.45) is 0 Å². The number of aliphatic hydroxyl groups excluding tert-OH is 1. The predicted molar refractivity (Wildman–Crippen MR) is 80.8 cm³/mol. The normalized spacial score (nSPS) is 14.4. The summed E-state index contributed by atoms with van der Waals surface area (Å²) in [6.07, 6.45) is 0.856. The van der Waals surface area contributed by atoms with Crippen LogP contribution in [0.25, 0.3) is 0 Å². The van der Waals surface area contributed by atoms with Gasteiger partial charge in [0, 0.05) is 26.4 Å². The van der Waals surface area contributed by atoms with Crippen LogP contribution in [-0.2, 0) is 15.0 Å². The standard InChI is InChI=1S/C16H27NO3/c1-14(2)17-16(12-18,13-20-11-7-10-19-3)15-8-5-4-6-9-15/h4-6,8-9,14,17-18H,7,10-13H2,1-3H3. The molecule has 2 N–H and O–H groups in total. The summed E-state index contributed by atoms with van der Waals surface area (Å²) < 4.78 is 10.7. The second-order valence-corrected chi connectivity index (χ2v) is 5.30. The number of ether oxygens (including phenoxy) is 2. The van der Waals surface area contributed by atoms with Gasteiger partial charge in [-0.25, -0.2) is 0 Å². The highest BCUT2D eigenvalue weighted by atomic mass is 16.5. The summed E-state index contributed by atoms with van der Waals surface area (Å²) in [6, 6.07) is 10.2. The molecule has 0 heterocycles. The van der Waals surface area contributed by atoms with Crippen LogP contribution in [0.1, 0.15) is 25.8 Å². The van der Waals surface area contributed by atoms with Gasteiger partial charge >= 0.3 is 0 Å². The van der Waals surface area contributed by atoms with Gasteiger partial charge in [0.2, 0.25) is 0 Å². The number of aliphatic hydroxyl groups is 1. The van der Waals surface area contributed by atoms with Gasteiger partial charge < -0.3 is 19.9 Å². The van der Waals surface area contributed by atoms with E-state index in [1.54, 1.807) is 7.11 Å². The van der Waals surface area contributed by atoms with Crippen molar-refractivity contribution in [2.45, 2.75) is 31.8 Å². The maximum atomic E-state index is 9.91. The van der Waals surface area contributed by atoms with Gasteiger partial charge in [0.05, 0.1) is 18.8 Å². The quantitative estimate of drug-likeness (QED) is 0.643. The third-order valence-corrected chi connectivity index (χ3v) is 3.15. The zero-order valence-corrected chi connectivity index (χ0v) is 12.8. The minimum atomic E-state index is -0.553. The second-order valence-electron chi connectivity index (χ2n) is 5.30. The first kappa shape index (κ1) is 17.1. The fourth-order valence-electron chi connectivity index (χ4n) is 2.25. The molecule has 0 bridgehead atoms. The molecule has 0 aliphatic heterocycles. The molecule has 1 aromatic carbocycles. The molecule has 4 heteroatoms. The molecule has 0 radical (unpaired) electrons. The Morgan fingerprint density at radius 3 is 2.45 bits per heavy atom. The van der Waals surface area contributed by atoms with Gasteiger partial charge in [0.15, 0.2) is 0 Å². The average molecular weight is 281 g/mol. The summed E-state index contributed by atoms with van der Waals surface area (Å²) >= 11 is 0. The van der Waals surface area contributed by atoms with Crippen molar-refractivity contribution < 1.29 is 14.6 Å². The van der Waals surface area contributed by atoms with Gasteiger partial charge in [-0.1, -0.05) is 30.3 Å². The zero-order chi connectivity index (χ0) is 14.8. The van der Waals surface area contributed by atoms with Crippen LogP contribution in [-0.4, -0.2) is 44.7 Å². The number of benzene rings is 1. The molecule has 1 aromatic rings. The van der Waals surface area contributed by atoms with E-state index in [4.69, 9.17) is 9.47 Å². The summed E-state index contributed by atoms with van der Waals surface area (Å²) in [7, 11) is 1.68. The Balaban J connectivity index is 2.73. The van der Waals surface area contributed by atoms with Crippen LogP contribution < -0.4 is 5.32 Å². The minimum absolute atomic E-state index is 0.000525. The van der Waals surface area contributed by atoms with Gasteiger partial charge in [-0.15, -0.1) is 0 Å².